The number of alkyl carbamates (subject to hydrolysis) is 1. The number of para-hydroxylation sites is 1. The molecule has 0 heterocycles. The van der Waals surface area contributed by atoms with Gasteiger partial charge in [0.2, 0.25) is 10.0 Å². The molecule has 1 aromatic rings. The Balaban J connectivity index is 2.96. The summed E-state index contributed by atoms with van der Waals surface area (Å²) >= 11 is 0. The summed E-state index contributed by atoms with van der Waals surface area (Å²) in [7, 11) is -4.32. The predicted octanol–water partition coefficient (Wildman–Crippen LogP) is 0.294. The Morgan fingerprint density at radius 3 is 2.41 bits per heavy atom. The number of nitrogens with two attached hydrogens (primary N) is 1. The third-order valence-electron chi connectivity index (χ3n) is 3.11. The summed E-state index contributed by atoms with van der Waals surface area (Å²) in [4.78, 5) is 33.3. The summed E-state index contributed by atoms with van der Waals surface area (Å²) in [5.74, 6) is -0.647. The molecule has 0 saturated heterocycles. The van der Waals surface area contributed by atoms with Crippen LogP contribution in [0.2, 0.25) is 0 Å². The molecule has 27 heavy (non-hydrogen) atoms. The van der Waals surface area contributed by atoms with Crippen molar-refractivity contribution >= 4 is 27.6 Å². The molecule has 0 fully saturated rings. The summed E-state index contributed by atoms with van der Waals surface area (Å²) in [6, 6.07) is 3.44. The number of Topliss-reactive ketones (excluding diaryl/α,β-unsaturated/α-hetero) is 1. The lowest BCUT2D eigenvalue weighted by Crippen LogP contribution is -2.51. The van der Waals surface area contributed by atoms with Crippen molar-refractivity contribution in [2.75, 3.05) is 13.1 Å². The number of sulfonamides is 1. The zero-order valence-electron chi connectivity index (χ0n) is 15.1. The lowest BCUT2D eigenvalue weighted by molar-refractivity contribution is -0.387. The van der Waals surface area contributed by atoms with Crippen molar-refractivity contribution in [2.45, 2.75) is 37.3 Å². The first-order valence-corrected chi connectivity index (χ1v) is 9.31. The number of ether oxygens (including phenoxy) is 1. The Morgan fingerprint density at radius 2 is 1.89 bits per heavy atom. The van der Waals surface area contributed by atoms with Crippen molar-refractivity contribution in [3.05, 3.63) is 34.4 Å². The third-order valence-corrected chi connectivity index (χ3v) is 4.58. The van der Waals surface area contributed by atoms with Gasteiger partial charge >= 0.3 is 6.09 Å². The van der Waals surface area contributed by atoms with Crippen LogP contribution in [0.4, 0.5) is 10.5 Å². The Labute approximate surface area is 156 Å². The summed E-state index contributed by atoms with van der Waals surface area (Å²) in [6.45, 7) is 3.84. The molecule has 0 unspecified atom stereocenters. The minimum atomic E-state index is -4.32. The molecule has 0 spiro atoms. The molecule has 11 nitrogen and oxygen atoms in total. The van der Waals surface area contributed by atoms with Crippen molar-refractivity contribution in [3.8, 4) is 0 Å². The topological polar surface area (TPSA) is 171 Å². The van der Waals surface area contributed by atoms with Crippen LogP contribution in [0, 0.1) is 10.1 Å². The zero-order valence-corrected chi connectivity index (χ0v) is 15.9. The van der Waals surface area contributed by atoms with Gasteiger partial charge in [-0.1, -0.05) is 12.1 Å². The molecule has 1 atom stereocenters. The maximum atomic E-state index is 12.4. The summed E-state index contributed by atoms with van der Waals surface area (Å²) in [5.41, 5.74) is 3.83. The molecule has 0 saturated carbocycles. The number of nitro benzene ring substituents is 1. The van der Waals surface area contributed by atoms with Gasteiger partial charge < -0.3 is 15.8 Å². The molecule has 0 aromatic heterocycles. The number of nitrogens with zero attached hydrogens (tertiary/aromatic N) is 1. The van der Waals surface area contributed by atoms with E-state index < -0.39 is 62.1 Å². The van der Waals surface area contributed by atoms with Gasteiger partial charge in [0.05, 0.1) is 11.5 Å². The second kappa shape index (κ2) is 8.88. The van der Waals surface area contributed by atoms with E-state index in [1.54, 1.807) is 20.8 Å². The van der Waals surface area contributed by atoms with E-state index in [1.807, 2.05) is 0 Å². The Hall–Kier alpha value is -2.57. The molecule has 1 amide bonds. The Kier molecular flexibility index (Phi) is 7.39. The molecule has 12 heteroatoms. The van der Waals surface area contributed by atoms with E-state index in [-0.39, 0.29) is 0 Å². The molecule has 0 aliphatic heterocycles. The highest BCUT2D eigenvalue weighted by atomic mass is 32.2. The van der Waals surface area contributed by atoms with Crippen LogP contribution in [0.3, 0.4) is 0 Å². The smallest absolute Gasteiger partial charge is 0.408 e. The zero-order chi connectivity index (χ0) is 20.8. The van der Waals surface area contributed by atoms with Crippen LogP contribution < -0.4 is 15.8 Å². The first kappa shape index (κ1) is 22.5. The fourth-order valence-electron chi connectivity index (χ4n) is 1.94. The number of hydrogen-bond donors (Lipinski definition) is 3. The van der Waals surface area contributed by atoms with E-state index in [0.717, 1.165) is 12.1 Å². The van der Waals surface area contributed by atoms with Gasteiger partial charge in [-0.25, -0.2) is 17.9 Å². The number of hydrogen-bond acceptors (Lipinski definition) is 8. The standard InChI is InChI=1S/C15H22N4O7S/c1-15(2,3)26-14(21)18-10(12(20)8-16)9-17-27(24,25)13-7-5-4-6-11(13)19(22)23/h4-7,10,17H,8-9,16H2,1-3H3,(H,18,21)/t10-/m0/s1. The Bertz CT molecular complexity index is 818. The van der Waals surface area contributed by atoms with Crippen molar-refractivity contribution in [1.82, 2.24) is 10.0 Å². The second-order valence-electron chi connectivity index (χ2n) is 6.45. The van der Waals surface area contributed by atoms with Crippen molar-refractivity contribution in [1.29, 1.82) is 0 Å². The number of benzene rings is 1. The van der Waals surface area contributed by atoms with Gasteiger partial charge in [-0.2, -0.15) is 0 Å². The first-order valence-electron chi connectivity index (χ1n) is 7.83. The van der Waals surface area contributed by atoms with Gasteiger partial charge in [0, 0.05) is 12.6 Å². The van der Waals surface area contributed by atoms with Crippen molar-refractivity contribution in [3.63, 3.8) is 0 Å². The van der Waals surface area contributed by atoms with Crippen LogP contribution in [0.15, 0.2) is 29.2 Å². The van der Waals surface area contributed by atoms with E-state index in [0.29, 0.717) is 0 Å². The number of rotatable bonds is 8. The third kappa shape index (κ3) is 6.92. The number of carbonyl (C=O) groups is 2. The first-order chi connectivity index (χ1) is 12.4. The van der Waals surface area contributed by atoms with Crippen LogP contribution in [0.5, 0.6) is 0 Å². The highest BCUT2D eigenvalue weighted by Gasteiger charge is 2.28. The van der Waals surface area contributed by atoms with Crippen LogP contribution in [0.25, 0.3) is 0 Å². The van der Waals surface area contributed by atoms with E-state index >= 15 is 0 Å². The summed E-state index contributed by atoms with van der Waals surface area (Å²) in [6.07, 6.45) is -0.931. The van der Waals surface area contributed by atoms with Crippen LogP contribution in [-0.4, -0.2) is 49.9 Å². The lowest BCUT2D eigenvalue weighted by atomic mass is 10.2. The maximum absolute atomic E-state index is 12.4. The molecule has 1 rings (SSSR count). The predicted molar refractivity (Wildman–Crippen MR) is 95.5 cm³/mol. The minimum absolute atomic E-state index is 0.451. The van der Waals surface area contributed by atoms with Gasteiger partial charge in [0.1, 0.15) is 11.6 Å². The van der Waals surface area contributed by atoms with E-state index in [2.05, 4.69) is 10.0 Å². The van der Waals surface area contributed by atoms with Crippen LogP contribution >= 0.6 is 0 Å². The molecule has 1 aromatic carbocycles. The molecular formula is C15H22N4O7S. The number of nitro groups is 1. The quantitative estimate of drug-likeness (QED) is 0.411. The SMILES string of the molecule is CC(C)(C)OC(=O)N[C@@H](CNS(=O)(=O)c1ccccc1[N+](=O)[O-])C(=O)CN. The van der Waals surface area contributed by atoms with Crippen LogP contribution in [0.1, 0.15) is 20.8 Å². The van der Waals surface area contributed by atoms with Gasteiger partial charge in [-0.15, -0.1) is 0 Å². The highest BCUT2D eigenvalue weighted by molar-refractivity contribution is 7.89. The van der Waals surface area contributed by atoms with Gasteiger partial charge in [-0.05, 0) is 26.8 Å². The number of amides is 1. The van der Waals surface area contributed by atoms with Gasteiger partial charge in [-0.3, -0.25) is 14.9 Å². The molecule has 150 valence electrons. The molecule has 0 aliphatic carbocycles. The largest absolute Gasteiger partial charge is 0.444 e. The van der Waals surface area contributed by atoms with E-state index in [1.165, 1.54) is 12.1 Å². The summed E-state index contributed by atoms with van der Waals surface area (Å²) < 4.78 is 31.9. The minimum Gasteiger partial charge on any atom is -0.444 e. The fourth-order valence-corrected chi connectivity index (χ4v) is 3.16. The van der Waals surface area contributed by atoms with Crippen LogP contribution in [-0.2, 0) is 19.6 Å². The van der Waals surface area contributed by atoms with E-state index in [4.69, 9.17) is 10.5 Å². The molecular weight excluding hydrogens is 380 g/mol. The van der Waals surface area contributed by atoms with Gasteiger partial charge in [0.15, 0.2) is 10.7 Å². The number of ketones is 1. The second-order valence-corrected chi connectivity index (χ2v) is 8.18. The average Bonchev–Trinajstić information content (AvgIpc) is 2.56. The lowest BCUT2D eigenvalue weighted by Gasteiger charge is -2.23. The molecule has 0 aliphatic rings. The maximum Gasteiger partial charge on any atom is 0.408 e. The molecule has 0 radical (unpaired) electrons. The van der Waals surface area contributed by atoms with Crippen molar-refractivity contribution < 1.29 is 27.7 Å². The number of carbonyl (C=O) groups excluding carboxylic acids is 2. The normalized spacial score (nSPS) is 12.9. The molecule has 4 N–H and O–H groups in total. The number of nitrogens with one attached hydrogen (secondary N) is 2. The van der Waals surface area contributed by atoms with Crippen molar-refractivity contribution in [2.24, 2.45) is 5.73 Å². The monoisotopic (exact) mass is 402 g/mol. The summed E-state index contributed by atoms with van der Waals surface area (Å²) in [5, 5.41) is 13.2. The van der Waals surface area contributed by atoms with Gasteiger partial charge in [0.25, 0.3) is 5.69 Å². The van der Waals surface area contributed by atoms with E-state index in [9.17, 15) is 28.1 Å². The fraction of sp³-hybridized carbons (Fsp3) is 0.467. The Morgan fingerprint density at radius 1 is 1.30 bits per heavy atom. The average molecular weight is 402 g/mol. The molecule has 0 bridgehead atoms. The highest BCUT2D eigenvalue weighted by Crippen LogP contribution is 2.22.